The van der Waals surface area contributed by atoms with Gasteiger partial charge in [-0.25, -0.2) is 8.78 Å². The maximum absolute atomic E-state index is 13.6. The van der Waals surface area contributed by atoms with E-state index in [0.717, 1.165) is 12.1 Å². The summed E-state index contributed by atoms with van der Waals surface area (Å²) in [5.74, 6) is -3.04. The molecular weight excluding hydrogens is 420 g/mol. The number of likely N-dealkylation sites (N-methyl/N-ethyl adjacent to an activating group) is 1. The second-order valence-electron chi connectivity index (χ2n) is 7.49. The molecular formula is C23H25F2N3O4. The van der Waals surface area contributed by atoms with Crippen molar-refractivity contribution in [1.82, 2.24) is 15.5 Å². The van der Waals surface area contributed by atoms with Crippen LogP contribution >= 0.6 is 0 Å². The number of likely N-dealkylation sites (tertiary alicyclic amines) is 1. The highest BCUT2D eigenvalue weighted by Gasteiger charge is 2.31. The highest BCUT2D eigenvalue weighted by molar-refractivity contribution is 5.89. The molecule has 1 unspecified atom stereocenters. The average Bonchev–Trinajstić information content (AvgIpc) is 2.83. The van der Waals surface area contributed by atoms with Crippen molar-refractivity contribution in [3.05, 3.63) is 65.7 Å². The molecule has 1 aliphatic heterocycles. The molecule has 0 spiro atoms. The van der Waals surface area contributed by atoms with Gasteiger partial charge in [-0.1, -0.05) is 24.3 Å². The fourth-order valence-electron chi connectivity index (χ4n) is 3.54. The van der Waals surface area contributed by atoms with Gasteiger partial charge in [0.1, 0.15) is 11.8 Å². The summed E-state index contributed by atoms with van der Waals surface area (Å²) in [4.78, 5) is 39.0. The van der Waals surface area contributed by atoms with E-state index in [1.165, 1.54) is 13.1 Å². The lowest BCUT2D eigenvalue weighted by Crippen LogP contribution is -2.46. The van der Waals surface area contributed by atoms with Gasteiger partial charge in [-0.3, -0.25) is 14.4 Å². The van der Waals surface area contributed by atoms with Crippen molar-refractivity contribution < 1.29 is 27.9 Å². The number of hydrogen-bond acceptors (Lipinski definition) is 4. The summed E-state index contributed by atoms with van der Waals surface area (Å²) in [7, 11) is 1.39. The molecule has 1 aliphatic rings. The number of carbonyl (C=O) groups excluding carboxylic acids is 3. The Labute approximate surface area is 184 Å². The van der Waals surface area contributed by atoms with Gasteiger partial charge in [-0.2, -0.15) is 0 Å². The third-order valence-corrected chi connectivity index (χ3v) is 5.40. The van der Waals surface area contributed by atoms with Gasteiger partial charge < -0.3 is 20.3 Å². The van der Waals surface area contributed by atoms with E-state index in [1.807, 2.05) is 18.2 Å². The van der Waals surface area contributed by atoms with Gasteiger partial charge in [0.25, 0.3) is 5.91 Å². The number of rotatable bonds is 7. The first-order chi connectivity index (χ1) is 15.4. The van der Waals surface area contributed by atoms with Crippen molar-refractivity contribution in [2.75, 3.05) is 26.7 Å². The molecule has 1 fully saturated rings. The molecule has 0 aromatic heterocycles. The minimum Gasteiger partial charge on any atom is -0.484 e. The SMILES string of the molecule is CNC(=O)C(NC(=O)C1CCN(C(=O)COc2ccccc2)CC1)c1ccc(F)c(F)c1. The summed E-state index contributed by atoms with van der Waals surface area (Å²) in [6, 6.07) is 10.9. The topological polar surface area (TPSA) is 87.7 Å². The van der Waals surface area contributed by atoms with Crippen molar-refractivity contribution >= 4 is 17.7 Å². The fourth-order valence-corrected chi connectivity index (χ4v) is 3.54. The van der Waals surface area contributed by atoms with Crippen molar-refractivity contribution in [3.8, 4) is 5.75 Å². The van der Waals surface area contributed by atoms with Gasteiger partial charge in [0, 0.05) is 26.1 Å². The van der Waals surface area contributed by atoms with Crippen molar-refractivity contribution in [2.24, 2.45) is 5.92 Å². The lowest BCUT2D eigenvalue weighted by atomic mass is 9.94. The number of ether oxygens (including phenoxy) is 1. The van der Waals surface area contributed by atoms with Crippen LogP contribution in [0, 0.1) is 17.6 Å². The summed E-state index contributed by atoms with van der Waals surface area (Å²) in [5, 5.41) is 5.04. The summed E-state index contributed by atoms with van der Waals surface area (Å²) < 4.78 is 32.4. The Morgan fingerprint density at radius 2 is 1.75 bits per heavy atom. The zero-order chi connectivity index (χ0) is 23.1. The van der Waals surface area contributed by atoms with Crippen LogP contribution in [0.15, 0.2) is 48.5 Å². The van der Waals surface area contributed by atoms with E-state index >= 15 is 0 Å². The second kappa shape index (κ2) is 10.7. The Bertz CT molecular complexity index is 963. The number of benzene rings is 2. The van der Waals surface area contributed by atoms with E-state index in [4.69, 9.17) is 4.74 Å². The minimum atomic E-state index is -1.15. The van der Waals surface area contributed by atoms with Crippen LogP contribution in [-0.4, -0.2) is 49.4 Å². The second-order valence-corrected chi connectivity index (χ2v) is 7.49. The predicted octanol–water partition coefficient (Wildman–Crippen LogP) is 2.19. The highest BCUT2D eigenvalue weighted by Crippen LogP contribution is 2.22. The van der Waals surface area contributed by atoms with Crippen molar-refractivity contribution in [1.29, 1.82) is 0 Å². The predicted molar refractivity (Wildman–Crippen MR) is 113 cm³/mol. The van der Waals surface area contributed by atoms with Gasteiger partial charge in [0.15, 0.2) is 18.2 Å². The van der Waals surface area contributed by atoms with Crippen LogP contribution in [0.25, 0.3) is 0 Å². The van der Waals surface area contributed by atoms with Gasteiger partial charge in [-0.15, -0.1) is 0 Å². The van der Waals surface area contributed by atoms with Crippen LogP contribution in [0.1, 0.15) is 24.4 Å². The van der Waals surface area contributed by atoms with E-state index in [0.29, 0.717) is 31.7 Å². The fraction of sp³-hybridized carbons (Fsp3) is 0.348. The van der Waals surface area contributed by atoms with E-state index in [9.17, 15) is 23.2 Å². The van der Waals surface area contributed by atoms with Crippen molar-refractivity contribution in [2.45, 2.75) is 18.9 Å². The third kappa shape index (κ3) is 5.81. The summed E-state index contributed by atoms with van der Waals surface area (Å²) in [5.41, 5.74) is 0.141. The van der Waals surface area contributed by atoms with E-state index in [1.54, 1.807) is 17.0 Å². The van der Waals surface area contributed by atoms with E-state index in [2.05, 4.69) is 10.6 Å². The molecule has 0 saturated carbocycles. The summed E-state index contributed by atoms with van der Waals surface area (Å²) in [6.45, 7) is 0.672. The molecule has 0 radical (unpaired) electrons. The first-order valence-corrected chi connectivity index (χ1v) is 10.3. The minimum absolute atomic E-state index is 0.0875. The third-order valence-electron chi connectivity index (χ3n) is 5.40. The molecule has 3 amide bonds. The largest absolute Gasteiger partial charge is 0.484 e. The number of halogens is 2. The molecule has 2 aromatic carbocycles. The van der Waals surface area contributed by atoms with E-state index in [-0.39, 0.29) is 24.0 Å². The quantitative estimate of drug-likeness (QED) is 0.684. The van der Waals surface area contributed by atoms with Gasteiger partial charge >= 0.3 is 0 Å². The maximum Gasteiger partial charge on any atom is 0.260 e. The van der Waals surface area contributed by atoms with Gasteiger partial charge in [0.05, 0.1) is 0 Å². The number of carbonyl (C=O) groups is 3. The molecule has 9 heteroatoms. The number of amides is 3. The van der Waals surface area contributed by atoms with Crippen LogP contribution in [-0.2, 0) is 14.4 Å². The van der Waals surface area contributed by atoms with Crippen LogP contribution in [0.2, 0.25) is 0 Å². The normalized spacial score (nSPS) is 15.0. The molecule has 2 N–H and O–H groups in total. The Morgan fingerprint density at radius 1 is 1.06 bits per heavy atom. The molecule has 3 rings (SSSR count). The monoisotopic (exact) mass is 445 g/mol. The molecule has 1 heterocycles. The number of piperidine rings is 1. The van der Waals surface area contributed by atoms with Crippen molar-refractivity contribution in [3.63, 3.8) is 0 Å². The molecule has 170 valence electrons. The maximum atomic E-state index is 13.6. The zero-order valence-corrected chi connectivity index (χ0v) is 17.6. The number of nitrogens with one attached hydrogen (secondary N) is 2. The molecule has 1 atom stereocenters. The Morgan fingerprint density at radius 3 is 2.38 bits per heavy atom. The first kappa shape index (κ1) is 23.2. The summed E-state index contributed by atoms with van der Waals surface area (Å²) >= 11 is 0. The van der Waals surface area contributed by atoms with Gasteiger partial charge in [-0.05, 0) is 42.7 Å². The van der Waals surface area contributed by atoms with Crippen LogP contribution in [0.3, 0.4) is 0 Å². The number of para-hydroxylation sites is 1. The molecule has 0 bridgehead atoms. The van der Waals surface area contributed by atoms with Crippen LogP contribution in [0.5, 0.6) is 5.75 Å². The first-order valence-electron chi connectivity index (χ1n) is 10.3. The van der Waals surface area contributed by atoms with Crippen LogP contribution < -0.4 is 15.4 Å². The zero-order valence-electron chi connectivity index (χ0n) is 17.6. The lowest BCUT2D eigenvalue weighted by molar-refractivity contribution is -0.138. The standard InChI is InChI=1S/C23H25F2N3O4/c1-26-23(31)21(16-7-8-18(24)19(25)13-16)27-22(30)15-9-11-28(12-10-15)20(29)14-32-17-5-3-2-4-6-17/h2-8,13,15,21H,9-12,14H2,1H3,(H,26,31)(H,27,30). The Kier molecular flexibility index (Phi) is 7.75. The molecule has 32 heavy (non-hydrogen) atoms. The average molecular weight is 445 g/mol. The Hall–Kier alpha value is -3.49. The summed E-state index contributed by atoms with van der Waals surface area (Å²) in [6.07, 6.45) is 0.836. The highest BCUT2D eigenvalue weighted by atomic mass is 19.2. The lowest BCUT2D eigenvalue weighted by Gasteiger charge is -2.32. The molecule has 2 aromatic rings. The van der Waals surface area contributed by atoms with Crippen LogP contribution in [0.4, 0.5) is 8.78 Å². The molecule has 1 saturated heterocycles. The molecule has 7 nitrogen and oxygen atoms in total. The Balaban J connectivity index is 1.54. The van der Waals surface area contributed by atoms with Gasteiger partial charge in [0.2, 0.25) is 11.8 Å². The molecule has 0 aliphatic carbocycles. The number of hydrogen-bond donors (Lipinski definition) is 2. The van der Waals surface area contributed by atoms with E-state index < -0.39 is 29.5 Å². The smallest absolute Gasteiger partial charge is 0.260 e. The number of nitrogens with zero attached hydrogens (tertiary/aromatic N) is 1.